The lowest BCUT2D eigenvalue weighted by atomic mass is 9.90. The van der Waals surface area contributed by atoms with Crippen LogP contribution in [0.25, 0.3) is 0 Å². The summed E-state index contributed by atoms with van der Waals surface area (Å²) in [6.07, 6.45) is -2.39. The molecule has 4 rings (SSSR count). The van der Waals surface area contributed by atoms with Crippen LogP contribution >= 0.6 is 11.6 Å². The van der Waals surface area contributed by atoms with E-state index in [2.05, 4.69) is 12.1 Å². The van der Waals surface area contributed by atoms with Crippen molar-refractivity contribution in [3.8, 4) is 0 Å². The zero-order valence-corrected chi connectivity index (χ0v) is 22.4. The number of alkyl halides is 3. The zero-order chi connectivity index (χ0) is 27.5. The number of hydrogen-bond donors (Lipinski definition) is 0. The van der Waals surface area contributed by atoms with Gasteiger partial charge >= 0.3 is 6.18 Å². The van der Waals surface area contributed by atoms with Gasteiger partial charge in [0.2, 0.25) is 5.91 Å². The van der Waals surface area contributed by atoms with E-state index in [1.54, 1.807) is 24.0 Å². The standard InChI is InChI=1S/C28H28ClF3N2O3S/c1-20-7-10-24(11-8-20)38(36,37)34(23-9-12-26(29)25(18-23)28(30,31)32)19-27(35)33-15-13-22(14-16-33)17-21-5-3-2-4-6-21/h2-12,18,22H,13-17,19H2,1H3. The van der Waals surface area contributed by atoms with Gasteiger partial charge in [0.25, 0.3) is 10.0 Å². The van der Waals surface area contributed by atoms with Crippen LogP contribution in [0.4, 0.5) is 18.9 Å². The molecular formula is C28H28ClF3N2O3S. The third-order valence-corrected chi connectivity index (χ3v) is 8.88. The van der Waals surface area contributed by atoms with Crippen LogP contribution in [0.1, 0.15) is 29.5 Å². The number of amides is 1. The van der Waals surface area contributed by atoms with Gasteiger partial charge in [0, 0.05) is 13.1 Å². The molecule has 1 aliphatic rings. The summed E-state index contributed by atoms with van der Waals surface area (Å²) in [5.74, 6) is -0.0817. The largest absolute Gasteiger partial charge is 0.417 e. The fourth-order valence-corrected chi connectivity index (χ4v) is 6.23. The van der Waals surface area contributed by atoms with Crippen molar-refractivity contribution in [1.29, 1.82) is 0 Å². The van der Waals surface area contributed by atoms with Gasteiger partial charge in [-0.1, -0.05) is 59.6 Å². The van der Waals surface area contributed by atoms with E-state index in [1.807, 2.05) is 18.2 Å². The van der Waals surface area contributed by atoms with E-state index >= 15 is 0 Å². The SMILES string of the molecule is Cc1ccc(S(=O)(=O)N(CC(=O)N2CCC(Cc3ccccc3)CC2)c2ccc(Cl)c(C(F)(F)F)c2)cc1. The highest BCUT2D eigenvalue weighted by Crippen LogP contribution is 2.38. The number of hydrogen-bond acceptors (Lipinski definition) is 3. The molecule has 1 saturated heterocycles. The second-order valence-electron chi connectivity index (χ2n) is 9.50. The maximum absolute atomic E-state index is 13.6. The second kappa shape index (κ2) is 11.4. The number of sulfonamides is 1. The van der Waals surface area contributed by atoms with Crippen LogP contribution in [-0.2, 0) is 27.4 Å². The number of carbonyl (C=O) groups excluding carboxylic acids is 1. The summed E-state index contributed by atoms with van der Waals surface area (Å²) in [5, 5.41) is -0.555. The molecule has 1 fully saturated rings. The highest BCUT2D eigenvalue weighted by molar-refractivity contribution is 7.92. The number of aryl methyl sites for hydroxylation is 1. The van der Waals surface area contributed by atoms with Crippen LogP contribution in [0.15, 0.2) is 77.7 Å². The molecule has 0 aromatic heterocycles. The molecule has 0 atom stereocenters. The Morgan fingerprint density at radius 2 is 1.63 bits per heavy atom. The minimum atomic E-state index is -4.79. The van der Waals surface area contributed by atoms with E-state index in [1.165, 1.54) is 23.8 Å². The molecule has 1 amide bonds. The number of carbonyl (C=O) groups is 1. The van der Waals surface area contributed by atoms with E-state index < -0.39 is 39.2 Å². The first kappa shape index (κ1) is 28.0. The first-order chi connectivity index (χ1) is 17.9. The van der Waals surface area contributed by atoms with Crippen LogP contribution in [0.2, 0.25) is 5.02 Å². The van der Waals surface area contributed by atoms with Gasteiger partial charge in [-0.25, -0.2) is 8.42 Å². The number of piperidine rings is 1. The van der Waals surface area contributed by atoms with Crippen LogP contribution < -0.4 is 4.31 Å². The Morgan fingerprint density at radius 3 is 2.24 bits per heavy atom. The molecule has 0 N–H and O–H groups in total. The van der Waals surface area contributed by atoms with Gasteiger partial charge in [-0.15, -0.1) is 0 Å². The summed E-state index contributed by atoms with van der Waals surface area (Å²) >= 11 is 5.77. The summed E-state index contributed by atoms with van der Waals surface area (Å²) in [6.45, 7) is 2.05. The average molecular weight is 565 g/mol. The molecule has 1 aliphatic heterocycles. The molecule has 3 aromatic carbocycles. The summed E-state index contributed by atoms with van der Waals surface area (Å²) in [6, 6.07) is 18.8. The summed E-state index contributed by atoms with van der Waals surface area (Å²) in [7, 11) is -4.36. The van der Waals surface area contributed by atoms with Gasteiger partial charge in [0.1, 0.15) is 6.54 Å². The molecule has 1 heterocycles. The molecule has 10 heteroatoms. The summed E-state index contributed by atoms with van der Waals surface area (Å²) in [4.78, 5) is 14.8. The lowest BCUT2D eigenvalue weighted by Crippen LogP contribution is -2.46. The van der Waals surface area contributed by atoms with Crippen molar-refractivity contribution in [3.63, 3.8) is 0 Å². The Balaban J connectivity index is 1.58. The van der Waals surface area contributed by atoms with Crippen molar-refractivity contribution in [3.05, 3.63) is 94.5 Å². The number of rotatable bonds is 7. The van der Waals surface area contributed by atoms with Gasteiger partial charge in [0.05, 0.1) is 21.2 Å². The molecule has 0 aliphatic carbocycles. The maximum atomic E-state index is 13.6. The molecule has 0 saturated carbocycles. The Labute approximate surface area is 225 Å². The predicted molar refractivity (Wildman–Crippen MR) is 142 cm³/mol. The predicted octanol–water partition coefficient (Wildman–Crippen LogP) is 6.34. The van der Waals surface area contributed by atoms with Crippen LogP contribution in [0.3, 0.4) is 0 Å². The number of nitrogens with zero attached hydrogens (tertiary/aromatic N) is 2. The van der Waals surface area contributed by atoms with Crippen molar-refractivity contribution in [1.82, 2.24) is 4.90 Å². The third-order valence-electron chi connectivity index (χ3n) is 6.77. The van der Waals surface area contributed by atoms with E-state index in [0.29, 0.717) is 25.1 Å². The van der Waals surface area contributed by atoms with E-state index in [-0.39, 0.29) is 10.6 Å². The lowest BCUT2D eigenvalue weighted by molar-refractivity contribution is -0.137. The topological polar surface area (TPSA) is 57.7 Å². The Kier molecular flexibility index (Phi) is 8.37. The highest BCUT2D eigenvalue weighted by atomic mass is 35.5. The van der Waals surface area contributed by atoms with Crippen molar-refractivity contribution in [2.75, 3.05) is 23.9 Å². The monoisotopic (exact) mass is 564 g/mol. The minimum absolute atomic E-state index is 0.124. The number of benzene rings is 3. The first-order valence-electron chi connectivity index (χ1n) is 12.2. The van der Waals surface area contributed by atoms with Crippen molar-refractivity contribution >= 4 is 33.2 Å². The highest BCUT2D eigenvalue weighted by Gasteiger charge is 2.36. The smallest absolute Gasteiger partial charge is 0.341 e. The normalized spacial score (nSPS) is 14.9. The van der Waals surface area contributed by atoms with Gasteiger partial charge in [0.15, 0.2) is 0 Å². The van der Waals surface area contributed by atoms with Gasteiger partial charge < -0.3 is 4.90 Å². The molecule has 3 aromatic rings. The Morgan fingerprint density at radius 1 is 1.00 bits per heavy atom. The van der Waals surface area contributed by atoms with Crippen molar-refractivity contribution in [2.24, 2.45) is 5.92 Å². The number of likely N-dealkylation sites (tertiary alicyclic amines) is 1. The summed E-state index contributed by atoms with van der Waals surface area (Å²) in [5.41, 5.74) is 0.580. The Bertz CT molecular complexity index is 1370. The van der Waals surface area contributed by atoms with Crippen LogP contribution in [0.5, 0.6) is 0 Å². The lowest BCUT2D eigenvalue weighted by Gasteiger charge is -2.34. The fourth-order valence-electron chi connectivity index (χ4n) is 4.59. The minimum Gasteiger partial charge on any atom is -0.341 e. The van der Waals surface area contributed by atoms with Crippen LogP contribution in [0, 0.1) is 12.8 Å². The fraction of sp³-hybridized carbons (Fsp3) is 0.321. The molecule has 38 heavy (non-hydrogen) atoms. The van der Waals surface area contributed by atoms with E-state index in [4.69, 9.17) is 11.6 Å². The zero-order valence-electron chi connectivity index (χ0n) is 20.8. The quantitative estimate of drug-likeness (QED) is 0.336. The second-order valence-corrected chi connectivity index (χ2v) is 11.8. The maximum Gasteiger partial charge on any atom is 0.417 e. The van der Waals surface area contributed by atoms with Gasteiger partial charge in [-0.3, -0.25) is 9.10 Å². The molecule has 0 unspecified atom stereocenters. The third kappa shape index (κ3) is 6.50. The van der Waals surface area contributed by atoms with Gasteiger partial charge in [-0.2, -0.15) is 13.2 Å². The molecule has 0 radical (unpaired) electrons. The van der Waals surface area contributed by atoms with E-state index in [9.17, 15) is 26.4 Å². The van der Waals surface area contributed by atoms with Gasteiger partial charge in [-0.05, 0) is 68.0 Å². The number of halogens is 4. The Hall–Kier alpha value is -3.04. The molecule has 0 spiro atoms. The molecule has 5 nitrogen and oxygen atoms in total. The average Bonchev–Trinajstić information content (AvgIpc) is 2.88. The van der Waals surface area contributed by atoms with Crippen molar-refractivity contribution in [2.45, 2.75) is 37.3 Å². The molecular weight excluding hydrogens is 537 g/mol. The van der Waals surface area contributed by atoms with Crippen LogP contribution in [-0.4, -0.2) is 38.9 Å². The van der Waals surface area contributed by atoms with Crippen molar-refractivity contribution < 1.29 is 26.4 Å². The van der Waals surface area contributed by atoms with E-state index in [0.717, 1.165) is 35.2 Å². The molecule has 202 valence electrons. The number of anilines is 1. The first-order valence-corrected chi connectivity index (χ1v) is 14.0. The molecule has 0 bridgehead atoms. The summed E-state index contributed by atoms with van der Waals surface area (Å²) < 4.78 is 68.7.